The molecule has 2 aromatic rings. The van der Waals surface area contributed by atoms with Gasteiger partial charge in [0, 0.05) is 36.3 Å². The number of anilines is 1. The number of nitrogens with two attached hydrogens (primary N) is 1. The van der Waals surface area contributed by atoms with Gasteiger partial charge in [-0.2, -0.15) is 0 Å². The van der Waals surface area contributed by atoms with Crippen LogP contribution in [0.3, 0.4) is 0 Å². The SMILES string of the molecule is Cl.N[C@@H]1CCN(c2c(F)cc3c(=O)c(C(=O)C[N+](=O)[O-])cn(C4CC4)c3c2Cl)C1. The zero-order valence-corrected chi connectivity index (χ0v) is 16.8. The molecule has 1 atom stereocenters. The van der Waals surface area contributed by atoms with Crippen molar-refractivity contribution in [3.63, 3.8) is 0 Å². The monoisotopic (exact) mass is 444 g/mol. The smallest absolute Gasteiger partial charge is 0.266 e. The molecule has 11 heteroatoms. The van der Waals surface area contributed by atoms with Crippen LogP contribution < -0.4 is 16.1 Å². The Kier molecular flexibility index (Phi) is 5.84. The minimum absolute atomic E-state index is 0. The van der Waals surface area contributed by atoms with Gasteiger partial charge in [-0.15, -0.1) is 12.4 Å². The van der Waals surface area contributed by atoms with E-state index in [1.54, 1.807) is 9.47 Å². The predicted molar refractivity (Wildman–Crippen MR) is 110 cm³/mol. The molecule has 4 rings (SSSR count). The number of carbonyl (C=O) groups is 1. The van der Waals surface area contributed by atoms with Crippen molar-refractivity contribution in [1.29, 1.82) is 0 Å². The van der Waals surface area contributed by atoms with Crippen LogP contribution in [0.5, 0.6) is 0 Å². The van der Waals surface area contributed by atoms with E-state index in [9.17, 15) is 24.1 Å². The molecule has 0 spiro atoms. The van der Waals surface area contributed by atoms with E-state index in [-0.39, 0.29) is 46.2 Å². The molecular weight excluding hydrogens is 426 g/mol. The number of rotatable bonds is 5. The van der Waals surface area contributed by atoms with Gasteiger partial charge in [-0.1, -0.05) is 11.6 Å². The first kappa shape index (κ1) is 21.5. The summed E-state index contributed by atoms with van der Waals surface area (Å²) >= 11 is 6.56. The largest absolute Gasteiger partial charge is 0.366 e. The Morgan fingerprint density at radius 2 is 2.07 bits per heavy atom. The Hall–Kier alpha value is -2.23. The molecule has 0 unspecified atom stereocenters. The van der Waals surface area contributed by atoms with Gasteiger partial charge in [0.1, 0.15) is 5.82 Å². The summed E-state index contributed by atoms with van der Waals surface area (Å²) in [5, 5.41) is 10.7. The molecule has 1 saturated heterocycles. The number of carbonyl (C=O) groups excluding carboxylic acids is 1. The van der Waals surface area contributed by atoms with Gasteiger partial charge in [-0.3, -0.25) is 19.7 Å². The van der Waals surface area contributed by atoms with Gasteiger partial charge in [0.25, 0.3) is 6.54 Å². The second-order valence-electron chi connectivity index (χ2n) is 7.34. The molecule has 156 valence electrons. The van der Waals surface area contributed by atoms with Crippen molar-refractivity contribution in [3.05, 3.63) is 49.0 Å². The molecule has 2 N–H and O–H groups in total. The maximum Gasteiger partial charge on any atom is 0.266 e. The summed E-state index contributed by atoms with van der Waals surface area (Å²) in [5.74, 6) is -1.58. The van der Waals surface area contributed by atoms with E-state index in [4.69, 9.17) is 17.3 Å². The molecule has 8 nitrogen and oxygen atoms in total. The van der Waals surface area contributed by atoms with Crippen LogP contribution >= 0.6 is 24.0 Å². The van der Waals surface area contributed by atoms with Gasteiger partial charge < -0.3 is 15.2 Å². The van der Waals surface area contributed by atoms with E-state index < -0.39 is 28.5 Å². The summed E-state index contributed by atoms with van der Waals surface area (Å²) in [5.41, 5.74) is 5.41. The number of ketones is 1. The summed E-state index contributed by atoms with van der Waals surface area (Å²) in [7, 11) is 0. The van der Waals surface area contributed by atoms with E-state index in [2.05, 4.69) is 0 Å². The van der Waals surface area contributed by atoms with Gasteiger partial charge in [0.05, 0.1) is 27.2 Å². The van der Waals surface area contributed by atoms with Crippen molar-refractivity contribution >= 4 is 46.4 Å². The highest BCUT2D eigenvalue weighted by Gasteiger charge is 2.32. The fourth-order valence-corrected chi connectivity index (χ4v) is 4.16. The maximum absolute atomic E-state index is 14.9. The van der Waals surface area contributed by atoms with Crippen molar-refractivity contribution in [1.82, 2.24) is 4.57 Å². The van der Waals surface area contributed by atoms with Crippen molar-refractivity contribution in [3.8, 4) is 0 Å². The van der Waals surface area contributed by atoms with Crippen LogP contribution in [0.1, 0.15) is 35.7 Å². The molecule has 2 fully saturated rings. The van der Waals surface area contributed by atoms with Crippen molar-refractivity contribution in [2.24, 2.45) is 5.73 Å². The minimum atomic E-state index is -0.995. The lowest BCUT2D eigenvalue weighted by molar-refractivity contribution is -0.465. The quantitative estimate of drug-likeness (QED) is 0.430. The summed E-state index contributed by atoms with van der Waals surface area (Å²) < 4.78 is 16.6. The van der Waals surface area contributed by atoms with Crippen LogP contribution in [0, 0.1) is 15.9 Å². The van der Waals surface area contributed by atoms with Crippen LogP contribution in [0.4, 0.5) is 10.1 Å². The highest BCUT2D eigenvalue weighted by atomic mass is 35.5. The molecule has 1 aliphatic heterocycles. The summed E-state index contributed by atoms with van der Waals surface area (Å²) in [6, 6.07) is 1.01. The molecule has 1 aliphatic carbocycles. The third-order valence-corrected chi connectivity index (χ3v) is 5.60. The second kappa shape index (κ2) is 7.89. The Balaban J connectivity index is 0.00000240. The molecule has 2 aliphatic rings. The standard InChI is InChI=1S/C18H18ClFN4O4.ClH/c19-15-16-11(5-13(20)17(15)22-4-3-9(21)6-22)18(26)12(14(25)8-24(27)28)7-23(16)10-1-2-10;/h5,7,9-10H,1-4,6,8,21H2;1H/t9-;/m1./s1. The maximum atomic E-state index is 14.9. The first-order chi connectivity index (χ1) is 13.3. The number of fused-ring (bicyclic) bond motifs is 1. The number of Topliss-reactive ketones (excluding diaryl/α,β-unsaturated/α-hetero) is 1. The zero-order valence-electron chi connectivity index (χ0n) is 15.3. The Morgan fingerprint density at radius 1 is 1.38 bits per heavy atom. The molecule has 0 amide bonds. The van der Waals surface area contributed by atoms with Crippen LogP contribution in [-0.2, 0) is 0 Å². The van der Waals surface area contributed by atoms with Crippen LogP contribution in [0.2, 0.25) is 5.02 Å². The lowest BCUT2D eigenvalue weighted by Gasteiger charge is -2.23. The number of aromatic nitrogens is 1. The van der Waals surface area contributed by atoms with Gasteiger partial charge in [0.15, 0.2) is 0 Å². The van der Waals surface area contributed by atoms with Crippen molar-refractivity contribution in [2.75, 3.05) is 24.5 Å². The zero-order chi connectivity index (χ0) is 20.2. The highest BCUT2D eigenvalue weighted by molar-refractivity contribution is 6.38. The molecule has 1 aromatic heterocycles. The molecule has 1 saturated carbocycles. The number of nitro groups is 1. The van der Waals surface area contributed by atoms with Gasteiger partial charge in [-0.05, 0) is 25.3 Å². The normalized spacial score (nSPS) is 18.7. The molecule has 29 heavy (non-hydrogen) atoms. The minimum Gasteiger partial charge on any atom is -0.366 e. The number of hydrogen-bond donors (Lipinski definition) is 1. The molecule has 1 aromatic carbocycles. The van der Waals surface area contributed by atoms with E-state index >= 15 is 0 Å². The number of nitrogens with zero attached hydrogens (tertiary/aromatic N) is 3. The Bertz CT molecular complexity index is 1070. The van der Waals surface area contributed by atoms with Crippen molar-refractivity contribution < 1.29 is 14.1 Å². The first-order valence-electron chi connectivity index (χ1n) is 9.00. The predicted octanol–water partition coefficient (Wildman–Crippen LogP) is 2.55. The topological polar surface area (TPSA) is 111 Å². The summed E-state index contributed by atoms with van der Waals surface area (Å²) in [6.07, 6.45) is 3.67. The van der Waals surface area contributed by atoms with Gasteiger partial charge in [0.2, 0.25) is 11.2 Å². The van der Waals surface area contributed by atoms with E-state index in [1.165, 1.54) is 6.20 Å². The summed E-state index contributed by atoms with van der Waals surface area (Å²) in [4.78, 5) is 36.7. The second-order valence-corrected chi connectivity index (χ2v) is 7.71. The van der Waals surface area contributed by atoms with Crippen LogP contribution in [0.15, 0.2) is 17.1 Å². The number of benzene rings is 1. The fourth-order valence-electron chi connectivity index (χ4n) is 3.75. The fraction of sp³-hybridized carbons (Fsp3) is 0.444. The lowest BCUT2D eigenvalue weighted by Crippen LogP contribution is -2.28. The van der Waals surface area contributed by atoms with E-state index in [1.807, 2.05) is 0 Å². The average molecular weight is 445 g/mol. The lowest BCUT2D eigenvalue weighted by atomic mass is 10.1. The van der Waals surface area contributed by atoms with Gasteiger partial charge >= 0.3 is 0 Å². The summed E-state index contributed by atoms with van der Waals surface area (Å²) in [6.45, 7) is 0.0109. The number of hydrogen-bond acceptors (Lipinski definition) is 6. The van der Waals surface area contributed by atoms with Crippen LogP contribution in [-0.4, -0.2) is 40.9 Å². The molecule has 0 radical (unpaired) electrons. The Labute approximate surface area is 176 Å². The third kappa shape index (κ3) is 3.82. The van der Waals surface area contributed by atoms with Crippen molar-refractivity contribution in [2.45, 2.75) is 31.3 Å². The number of pyridine rings is 1. The van der Waals surface area contributed by atoms with Crippen LogP contribution in [0.25, 0.3) is 10.9 Å². The van der Waals surface area contributed by atoms with Gasteiger partial charge in [-0.25, -0.2) is 4.39 Å². The highest BCUT2D eigenvalue weighted by Crippen LogP contribution is 2.42. The van der Waals surface area contributed by atoms with E-state index in [0.29, 0.717) is 25.0 Å². The van der Waals surface area contributed by atoms with E-state index in [0.717, 1.165) is 18.9 Å². The first-order valence-corrected chi connectivity index (χ1v) is 9.38. The molecule has 0 bridgehead atoms. The number of halogens is 3. The molecular formula is C18H19Cl2FN4O4. The third-order valence-electron chi connectivity index (χ3n) is 5.24. The Morgan fingerprint density at radius 3 is 2.62 bits per heavy atom. The average Bonchev–Trinajstić information content (AvgIpc) is 3.37. The molecule has 2 heterocycles.